The van der Waals surface area contributed by atoms with Gasteiger partial charge in [-0.3, -0.25) is 13.8 Å². The zero-order valence-electron chi connectivity index (χ0n) is 19.9. The molecule has 0 aliphatic carbocycles. The molecule has 0 aromatic heterocycles. The maximum Gasteiger partial charge on any atom is 1.00 e. The van der Waals surface area contributed by atoms with Gasteiger partial charge >= 0.3 is 47.5 Å². The predicted molar refractivity (Wildman–Crippen MR) is 118 cm³/mol. The number of rotatable bonds is 21. The molecule has 0 aromatic carbocycles. The Bertz CT molecular complexity index is 598. The van der Waals surface area contributed by atoms with E-state index in [1.54, 1.807) is 6.08 Å². The Hall–Kier alpha value is -0.780. The summed E-state index contributed by atoms with van der Waals surface area (Å²) >= 11 is -3.05. The van der Waals surface area contributed by atoms with Crippen molar-refractivity contribution in [1.29, 1.82) is 0 Å². The van der Waals surface area contributed by atoms with Gasteiger partial charge < -0.3 is 19.5 Å². The summed E-state index contributed by atoms with van der Waals surface area (Å²) in [7, 11) is 0. The quantitative estimate of drug-likeness (QED) is 0.0781. The number of hydrogen-bond acceptors (Lipinski definition) is 7. The van der Waals surface area contributed by atoms with Gasteiger partial charge in [0.2, 0.25) is 0 Å². The second kappa shape index (κ2) is 23.0. The van der Waals surface area contributed by atoms with Crippen molar-refractivity contribution in [1.82, 2.24) is 0 Å². The zero-order valence-corrected chi connectivity index (χ0v) is 22.7. The largest absolute Gasteiger partial charge is 1.00 e. The number of carboxylic acid groups (broad SMARTS) is 2. The zero-order chi connectivity index (χ0) is 24.2. The molecular formula is C22H37NaO9S. The van der Waals surface area contributed by atoms with Gasteiger partial charge in [-0.15, -0.1) is 0 Å². The van der Waals surface area contributed by atoms with Gasteiger partial charge in [-0.05, 0) is 38.2 Å². The number of allylic oxidation sites excluding steroid dienone is 1. The van der Waals surface area contributed by atoms with Crippen molar-refractivity contribution < 1.29 is 71.8 Å². The van der Waals surface area contributed by atoms with Gasteiger partial charge in [0.15, 0.2) is 6.10 Å². The van der Waals surface area contributed by atoms with E-state index >= 15 is 0 Å². The van der Waals surface area contributed by atoms with E-state index in [-0.39, 0.29) is 36.0 Å². The van der Waals surface area contributed by atoms with Crippen molar-refractivity contribution in [3.8, 4) is 0 Å². The summed E-state index contributed by atoms with van der Waals surface area (Å²) in [5.74, 6) is -3.16. The van der Waals surface area contributed by atoms with Gasteiger partial charge in [-0.25, -0.2) is 9.00 Å². The Morgan fingerprint density at radius 3 is 2.18 bits per heavy atom. The molecular weight excluding hydrogens is 463 g/mol. The summed E-state index contributed by atoms with van der Waals surface area (Å²) in [6, 6.07) is 0. The third kappa shape index (κ3) is 22.8. The van der Waals surface area contributed by atoms with E-state index in [0.717, 1.165) is 64.2 Å². The molecule has 2 N–H and O–H groups in total. The molecule has 0 aliphatic rings. The molecule has 0 aromatic rings. The molecule has 0 aliphatic heterocycles. The summed E-state index contributed by atoms with van der Waals surface area (Å²) in [6.07, 6.45) is 12.0. The number of carbonyl (C=O) groups is 3. The van der Waals surface area contributed by atoms with E-state index in [0.29, 0.717) is 12.8 Å². The van der Waals surface area contributed by atoms with Crippen LogP contribution in [0, 0.1) is 0 Å². The van der Waals surface area contributed by atoms with Crippen LogP contribution in [0.2, 0.25) is 0 Å². The molecule has 0 spiro atoms. The van der Waals surface area contributed by atoms with Crippen LogP contribution in [0.1, 0.15) is 96.8 Å². The molecule has 0 amide bonds. The molecule has 11 heteroatoms. The first kappa shape index (κ1) is 34.4. The molecule has 2 unspecified atom stereocenters. The summed E-state index contributed by atoms with van der Waals surface area (Å²) in [5, 5.41) is 17.6. The minimum Gasteiger partial charge on any atom is -0.750 e. The van der Waals surface area contributed by atoms with E-state index in [9.17, 15) is 23.1 Å². The average molecular weight is 501 g/mol. The number of esters is 1. The second-order valence-electron chi connectivity index (χ2n) is 7.69. The minimum absolute atomic E-state index is 0. The first-order valence-electron chi connectivity index (χ1n) is 11.3. The van der Waals surface area contributed by atoms with Gasteiger partial charge in [0.25, 0.3) is 0 Å². The summed E-state index contributed by atoms with van der Waals surface area (Å²) in [4.78, 5) is 33.6. The normalized spacial score (nSPS) is 13.8. The molecule has 186 valence electrons. The van der Waals surface area contributed by atoms with E-state index in [2.05, 4.69) is 11.1 Å². The van der Waals surface area contributed by atoms with Crippen molar-refractivity contribution in [2.45, 2.75) is 109 Å². The van der Waals surface area contributed by atoms with Crippen LogP contribution in [0.3, 0.4) is 0 Å². The first-order valence-corrected chi connectivity index (χ1v) is 12.3. The Labute approximate surface area is 221 Å². The van der Waals surface area contributed by atoms with Crippen LogP contribution in [-0.2, 0) is 34.7 Å². The van der Waals surface area contributed by atoms with Gasteiger partial charge in [-0.1, -0.05) is 57.9 Å². The van der Waals surface area contributed by atoms with Crippen molar-refractivity contribution in [2.75, 3.05) is 0 Å². The van der Waals surface area contributed by atoms with Crippen LogP contribution in [0.25, 0.3) is 0 Å². The van der Waals surface area contributed by atoms with Crippen LogP contribution in [-0.4, -0.2) is 49.1 Å². The number of ether oxygens (including phenoxy) is 1. The minimum atomic E-state index is -3.05. The average Bonchev–Trinajstić information content (AvgIpc) is 2.70. The van der Waals surface area contributed by atoms with E-state index in [1.165, 1.54) is 0 Å². The molecule has 0 rings (SSSR count). The van der Waals surface area contributed by atoms with Crippen molar-refractivity contribution in [2.24, 2.45) is 0 Å². The van der Waals surface area contributed by atoms with Gasteiger partial charge in [0, 0.05) is 6.42 Å². The number of carboxylic acids is 2. The molecule has 0 saturated heterocycles. The van der Waals surface area contributed by atoms with Gasteiger partial charge in [-0.2, -0.15) is 0 Å². The predicted octanol–water partition coefficient (Wildman–Crippen LogP) is 1.29. The number of hydrogen-bond donors (Lipinski definition) is 2. The Morgan fingerprint density at radius 1 is 0.970 bits per heavy atom. The van der Waals surface area contributed by atoms with E-state index < -0.39 is 47.9 Å². The van der Waals surface area contributed by atoms with Crippen LogP contribution in [0.4, 0.5) is 0 Å². The van der Waals surface area contributed by atoms with Crippen molar-refractivity contribution >= 4 is 29.3 Å². The molecule has 0 fully saturated rings. The standard InChI is InChI=1S/C22H38O9S.Na/c1-2-3-4-8-11-14-18(15-12-9-6-5-7-10-13-16-20(23)24)30-21(25)17-19(22(26)27)31-32(28)29;/h12,15,18-19H,2-11,13-14,16-17H2,1H3,(H,23,24)(H,26,27)(H,28,29);/q;+1/p-1/b15-12-;/t18-,19?;/m1./s1. The van der Waals surface area contributed by atoms with Gasteiger partial charge in [0.1, 0.15) is 6.10 Å². The van der Waals surface area contributed by atoms with Crippen molar-refractivity contribution in [3.63, 3.8) is 0 Å². The van der Waals surface area contributed by atoms with Crippen LogP contribution in [0.5, 0.6) is 0 Å². The smallest absolute Gasteiger partial charge is 0.750 e. The number of unbranched alkanes of at least 4 members (excludes halogenated alkanes) is 9. The number of carbonyl (C=O) groups excluding carboxylic acids is 1. The SMILES string of the molecule is CCCCCCC[C@H](/C=C\CCCCCCCC(=O)O)OC(=O)CC(OS(=O)[O-])C(=O)O.[Na+]. The summed E-state index contributed by atoms with van der Waals surface area (Å²) < 4.78 is 30.8. The van der Waals surface area contributed by atoms with Crippen LogP contribution >= 0.6 is 0 Å². The van der Waals surface area contributed by atoms with Crippen molar-refractivity contribution in [3.05, 3.63) is 12.2 Å². The van der Waals surface area contributed by atoms with Crippen LogP contribution < -0.4 is 29.6 Å². The Kier molecular flexibility index (Phi) is 24.0. The third-order valence-corrected chi connectivity index (χ3v) is 5.20. The summed E-state index contributed by atoms with van der Waals surface area (Å²) in [6.45, 7) is 2.12. The molecule has 0 saturated carbocycles. The third-order valence-electron chi connectivity index (χ3n) is 4.81. The fraction of sp³-hybridized carbons (Fsp3) is 0.773. The molecule has 0 radical (unpaired) electrons. The summed E-state index contributed by atoms with van der Waals surface area (Å²) in [5.41, 5.74) is 0. The molecule has 0 heterocycles. The van der Waals surface area contributed by atoms with E-state index in [4.69, 9.17) is 14.9 Å². The maximum atomic E-state index is 12.1. The topological polar surface area (TPSA) is 150 Å². The fourth-order valence-electron chi connectivity index (χ4n) is 3.09. The maximum absolute atomic E-state index is 12.1. The Morgan fingerprint density at radius 2 is 1.58 bits per heavy atom. The Balaban J connectivity index is 0. The molecule has 3 atom stereocenters. The second-order valence-corrected chi connectivity index (χ2v) is 8.29. The van der Waals surface area contributed by atoms with Crippen LogP contribution in [0.15, 0.2) is 12.2 Å². The molecule has 9 nitrogen and oxygen atoms in total. The van der Waals surface area contributed by atoms with E-state index in [1.807, 2.05) is 6.08 Å². The molecule has 0 bridgehead atoms. The monoisotopic (exact) mass is 500 g/mol. The van der Waals surface area contributed by atoms with Gasteiger partial charge in [0.05, 0.1) is 17.8 Å². The molecule has 33 heavy (non-hydrogen) atoms. The fourth-order valence-corrected chi connectivity index (χ4v) is 3.43. The number of aliphatic carboxylic acids is 2. The first-order chi connectivity index (χ1) is 15.3.